The van der Waals surface area contributed by atoms with Gasteiger partial charge >= 0.3 is 15.6 Å². The minimum atomic E-state index is -4.97. The lowest BCUT2D eigenvalue weighted by molar-refractivity contribution is 0.280. The molecule has 11 nitrogen and oxygen atoms in total. The first-order valence-electron chi connectivity index (χ1n) is 7.37. The lowest BCUT2D eigenvalue weighted by atomic mass is 10.0. The molecule has 0 spiro atoms. The lowest BCUT2D eigenvalue weighted by Gasteiger charge is -2.14. The van der Waals surface area contributed by atoms with E-state index in [2.05, 4.69) is 35.5 Å². The van der Waals surface area contributed by atoms with Gasteiger partial charge in [-0.15, -0.1) is 0 Å². The first-order valence-corrected chi connectivity index (χ1v) is 11.6. The highest BCUT2D eigenvalue weighted by molar-refractivity contribution is 9.10. The molecule has 29 heavy (non-hydrogen) atoms. The Morgan fingerprint density at radius 3 is 2.00 bits per heavy atom. The predicted molar refractivity (Wildman–Crippen MR) is 111 cm³/mol. The molecule has 0 saturated heterocycles. The Morgan fingerprint density at radius 2 is 1.55 bits per heavy atom. The number of nitrogens with two attached hydrogens (primary N) is 1. The van der Waals surface area contributed by atoms with E-state index >= 15 is 0 Å². The summed E-state index contributed by atoms with van der Waals surface area (Å²) >= 11 is 8.04. The Balaban J connectivity index is 2.66. The van der Waals surface area contributed by atoms with Gasteiger partial charge in [0.15, 0.2) is 5.11 Å². The maximum atomic E-state index is 11.2. The van der Waals surface area contributed by atoms with Gasteiger partial charge in [0.1, 0.15) is 11.5 Å². The third-order valence-corrected chi connectivity index (χ3v) is 4.46. The van der Waals surface area contributed by atoms with Crippen LogP contribution in [-0.4, -0.2) is 30.4 Å². The van der Waals surface area contributed by atoms with Gasteiger partial charge < -0.3 is 14.8 Å². The molecule has 0 aliphatic heterocycles. The zero-order chi connectivity index (χ0) is 21.8. The molecule has 0 heterocycles. The van der Waals surface area contributed by atoms with Crippen LogP contribution in [0.15, 0.2) is 52.0 Å². The second kappa shape index (κ2) is 9.33. The minimum absolute atomic E-state index is 0.126. The van der Waals surface area contributed by atoms with Crippen molar-refractivity contribution in [1.82, 2.24) is 5.43 Å². The maximum absolute atomic E-state index is 11.2. The normalized spacial score (nSPS) is 12.4. The zero-order valence-corrected chi connectivity index (χ0v) is 18.4. The van der Waals surface area contributed by atoms with Crippen LogP contribution in [0.4, 0.5) is 0 Å². The number of halogens is 1. The van der Waals surface area contributed by atoms with Gasteiger partial charge in [-0.2, -0.15) is 5.10 Å². The summed E-state index contributed by atoms with van der Waals surface area (Å²) in [5.74, 6) is -0.838. The zero-order valence-electron chi connectivity index (χ0n) is 14.2. The molecule has 2 aromatic carbocycles. The largest absolute Gasteiger partial charge is 0.524 e. The van der Waals surface area contributed by atoms with Crippen molar-refractivity contribution >= 4 is 54.6 Å². The van der Waals surface area contributed by atoms with E-state index in [-0.39, 0.29) is 16.4 Å². The molecule has 0 fully saturated rings. The van der Waals surface area contributed by atoms with Crippen molar-refractivity contribution in [2.45, 2.75) is 0 Å². The van der Waals surface area contributed by atoms with Gasteiger partial charge in [-0.3, -0.25) is 25.0 Å². The molecule has 0 aliphatic rings. The van der Waals surface area contributed by atoms with Gasteiger partial charge in [-0.05, 0) is 36.5 Å². The Morgan fingerprint density at radius 1 is 1.00 bits per heavy atom. The molecule has 15 heteroatoms. The van der Waals surface area contributed by atoms with Gasteiger partial charge in [-0.25, -0.2) is 9.13 Å². The van der Waals surface area contributed by atoms with Crippen LogP contribution in [0.3, 0.4) is 0 Å². The van der Waals surface area contributed by atoms with Crippen molar-refractivity contribution in [1.29, 1.82) is 0 Å². The molecular weight excluding hydrogens is 512 g/mol. The molecule has 2 aromatic rings. The van der Waals surface area contributed by atoms with E-state index in [9.17, 15) is 9.13 Å². The van der Waals surface area contributed by atoms with E-state index in [1.54, 1.807) is 24.3 Å². The average Bonchev–Trinajstić information content (AvgIpc) is 2.51. The molecular formula is C14H14BrN3O8P2S. The van der Waals surface area contributed by atoms with E-state index in [1.807, 2.05) is 0 Å². The number of benzene rings is 2. The smallest absolute Gasteiger partial charge is 0.404 e. The third-order valence-electron chi connectivity index (χ3n) is 2.98. The molecule has 7 N–H and O–H groups in total. The summed E-state index contributed by atoms with van der Waals surface area (Å²) in [6.07, 6.45) is 0. The summed E-state index contributed by atoms with van der Waals surface area (Å²) in [4.78, 5) is 36.3. The van der Waals surface area contributed by atoms with Crippen LogP contribution in [0.5, 0.6) is 11.5 Å². The Labute approximate surface area is 178 Å². The quantitative estimate of drug-likeness (QED) is 0.134. The second-order valence-corrected chi connectivity index (χ2v) is 8.99. The molecule has 0 atom stereocenters. The first kappa shape index (κ1) is 23.5. The summed E-state index contributed by atoms with van der Waals surface area (Å²) in [6, 6.07) is 10.0. The number of thiocarbonyl (C=S) groups is 1. The fourth-order valence-corrected chi connectivity index (χ4v) is 3.34. The lowest BCUT2D eigenvalue weighted by Crippen LogP contribution is -2.26. The van der Waals surface area contributed by atoms with Crippen molar-refractivity contribution in [2.75, 3.05) is 0 Å². The fraction of sp³-hybridized carbons (Fsp3) is 0. The third kappa shape index (κ3) is 8.21. The molecule has 2 rings (SSSR count). The molecule has 0 aliphatic carbocycles. The van der Waals surface area contributed by atoms with Gasteiger partial charge in [-0.1, -0.05) is 28.1 Å². The molecule has 156 valence electrons. The number of phosphoric acid groups is 2. The standard InChI is InChI=1S/C14H14BrN3O8P2S/c15-10-3-1-2-8(4-10)13(17-18-14(16)29)9-5-11(25-27(19,20)21)7-12(6-9)26-28(22,23)24/h1-7H,(H3,16,18,29)(H2,19,20,21)(H2,22,23,24). The molecule has 0 amide bonds. The molecule has 0 aromatic heterocycles. The number of hydrazone groups is 1. The van der Waals surface area contributed by atoms with Gasteiger partial charge in [0.25, 0.3) is 0 Å². The summed E-state index contributed by atoms with van der Waals surface area (Å²) in [7, 11) is -9.95. The van der Waals surface area contributed by atoms with Crippen molar-refractivity contribution < 1.29 is 37.8 Å². The summed E-state index contributed by atoms with van der Waals surface area (Å²) in [5, 5.41) is 3.90. The number of hydrogen-bond donors (Lipinski definition) is 6. The van der Waals surface area contributed by atoms with Crippen LogP contribution in [-0.2, 0) is 9.13 Å². The van der Waals surface area contributed by atoms with Crippen molar-refractivity contribution in [3.63, 3.8) is 0 Å². The van der Waals surface area contributed by atoms with Crippen LogP contribution in [0, 0.1) is 0 Å². The highest BCUT2D eigenvalue weighted by atomic mass is 79.9. The summed E-state index contributed by atoms with van der Waals surface area (Å²) < 4.78 is 32.2. The van der Waals surface area contributed by atoms with Crippen LogP contribution in [0.25, 0.3) is 0 Å². The fourth-order valence-electron chi connectivity index (χ4n) is 2.13. The first-order chi connectivity index (χ1) is 13.3. The van der Waals surface area contributed by atoms with E-state index in [1.165, 1.54) is 12.1 Å². The predicted octanol–water partition coefficient (Wildman–Crippen LogP) is 1.98. The van der Waals surface area contributed by atoms with Gasteiger partial charge in [0.05, 0.1) is 5.71 Å². The van der Waals surface area contributed by atoms with Crippen LogP contribution < -0.4 is 20.2 Å². The van der Waals surface area contributed by atoms with E-state index < -0.39 is 27.1 Å². The summed E-state index contributed by atoms with van der Waals surface area (Å²) in [6.45, 7) is 0. The van der Waals surface area contributed by atoms with Crippen LogP contribution in [0.1, 0.15) is 11.1 Å². The number of rotatable bonds is 7. The van der Waals surface area contributed by atoms with E-state index in [0.29, 0.717) is 10.0 Å². The topological polar surface area (TPSA) is 184 Å². The summed E-state index contributed by atoms with van der Waals surface area (Å²) in [5.41, 5.74) is 8.58. The van der Waals surface area contributed by atoms with E-state index in [4.69, 9.17) is 37.5 Å². The second-order valence-electron chi connectivity index (χ2n) is 5.30. The SMILES string of the molecule is NC(=S)NN=C(c1cccc(Br)c1)c1cc(OP(=O)(O)O)cc(OP(=O)(O)O)c1. The van der Waals surface area contributed by atoms with E-state index in [0.717, 1.165) is 6.07 Å². The Bertz CT molecular complexity index is 1010. The molecule has 0 radical (unpaired) electrons. The molecule has 0 unspecified atom stereocenters. The van der Waals surface area contributed by atoms with Crippen molar-refractivity contribution in [3.05, 3.63) is 58.1 Å². The van der Waals surface area contributed by atoms with Gasteiger partial charge in [0, 0.05) is 21.7 Å². The van der Waals surface area contributed by atoms with Crippen molar-refractivity contribution in [2.24, 2.45) is 10.8 Å². The number of nitrogens with zero attached hydrogens (tertiary/aromatic N) is 1. The Hall–Kier alpha value is -1.82. The van der Waals surface area contributed by atoms with Crippen LogP contribution >= 0.6 is 43.8 Å². The molecule has 0 saturated carbocycles. The van der Waals surface area contributed by atoms with Gasteiger partial charge in [0.2, 0.25) is 0 Å². The average molecular weight is 526 g/mol. The minimum Gasteiger partial charge on any atom is -0.404 e. The number of hydrogen-bond acceptors (Lipinski definition) is 6. The monoisotopic (exact) mass is 525 g/mol. The number of nitrogens with one attached hydrogen (secondary N) is 1. The Kier molecular flexibility index (Phi) is 7.55. The highest BCUT2D eigenvalue weighted by Gasteiger charge is 2.22. The highest BCUT2D eigenvalue weighted by Crippen LogP contribution is 2.43. The number of phosphoric ester groups is 2. The van der Waals surface area contributed by atoms with Crippen molar-refractivity contribution in [3.8, 4) is 11.5 Å². The molecule has 0 bridgehead atoms. The van der Waals surface area contributed by atoms with Crippen LogP contribution in [0.2, 0.25) is 0 Å². The maximum Gasteiger partial charge on any atom is 0.524 e.